The van der Waals surface area contributed by atoms with Gasteiger partial charge in [-0.15, -0.1) is 0 Å². The zero-order valence-electron chi connectivity index (χ0n) is 21.7. The minimum absolute atomic E-state index is 0.0172. The molecule has 204 valence electrons. The molecule has 40 heavy (non-hydrogen) atoms. The molecule has 1 aromatic heterocycles. The number of hydrogen-bond acceptors (Lipinski definition) is 7. The molecule has 1 N–H and O–H groups in total. The first-order valence-corrected chi connectivity index (χ1v) is 13.2. The zero-order chi connectivity index (χ0) is 28.2. The second kappa shape index (κ2) is 11.7. The number of nitrogens with zero attached hydrogens (tertiary/aromatic N) is 1. The van der Waals surface area contributed by atoms with Crippen molar-refractivity contribution >= 4 is 50.7 Å². The number of benzene rings is 3. The number of esters is 1. The summed E-state index contributed by atoms with van der Waals surface area (Å²) in [4.78, 5) is 38.2. The monoisotopic (exact) mass is 604 g/mol. The fraction of sp³-hybridized carbons (Fsp3) is 0.167. The molecule has 1 saturated heterocycles. The smallest absolute Gasteiger partial charge is 0.373 e. The van der Waals surface area contributed by atoms with E-state index >= 15 is 0 Å². The van der Waals surface area contributed by atoms with E-state index in [0.29, 0.717) is 34.7 Å². The summed E-state index contributed by atoms with van der Waals surface area (Å²) < 4.78 is 22.7. The van der Waals surface area contributed by atoms with Crippen LogP contribution in [-0.2, 0) is 22.7 Å². The van der Waals surface area contributed by atoms with Gasteiger partial charge in [-0.2, -0.15) is 0 Å². The number of ether oxygens (including phenoxy) is 3. The van der Waals surface area contributed by atoms with Crippen LogP contribution >= 0.6 is 15.9 Å². The van der Waals surface area contributed by atoms with Crippen LogP contribution in [-0.4, -0.2) is 36.5 Å². The predicted molar refractivity (Wildman–Crippen MR) is 151 cm³/mol. The molecule has 2 heterocycles. The third-order valence-corrected chi connectivity index (χ3v) is 6.81. The predicted octanol–water partition coefficient (Wildman–Crippen LogP) is 6.05. The van der Waals surface area contributed by atoms with Crippen molar-refractivity contribution in [2.24, 2.45) is 0 Å². The van der Waals surface area contributed by atoms with Crippen molar-refractivity contribution in [3.05, 3.63) is 99.5 Å². The highest BCUT2D eigenvalue weighted by Gasteiger charge is 2.34. The number of imide groups is 1. The van der Waals surface area contributed by atoms with Crippen molar-refractivity contribution in [1.29, 1.82) is 0 Å². The molecule has 0 bridgehead atoms. The molecule has 1 aliphatic heterocycles. The van der Waals surface area contributed by atoms with Gasteiger partial charge in [0.05, 0.1) is 24.7 Å². The van der Waals surface area contributed by atoms with E-state index in [4.69, 9.17) is 13.9 Å². The Kier molecular flexibility index (Phi) is 7.88. The van der Waals surface area contributed by atoms with Gasteiger partial charge in [0.25, 0.3) is 5.91 Å². The van der Waals surface area contributed by atoms with Crippen LogP contribution < -0.4 is 14.8 Å². The van der Waals surface area contributed by atoms with Gasteiger partial charge in [0.2, 0.25) is 5.76 Å². The number of hydrogen-bond donors (Lipinski definition) is 1. The zero-order valence-corrected chi connectivity index (χ0v) is 23.3. The number of nitrogens with one attached hydrogen (secondary N) is 1. The molecule has 0 aliphatic carbocycles. The third-order valence-electron chi connectivity index (χ3n) is 6.22. The van der Waals surface area contributed by atoms with E-state index in [1.807, 2.05) is 31.2 Å². The fourth-order valence-corrected chi connectivity index (χ4v) is 4.93. The first kappa shape index (κ1) is 27.0. The molecule has 5 rings (SSSR count). The third kappa shape index (κ3) is 5.57. The Balaban J connectivity index is 1.36. The number of methoxy groups -OCH3 is 1. The molecule has 0 saturated carbocycles. The van der Waals surface area contributed by atoms with Gasteiger partial charge in [0.15, 0.2) is 11.5 Å². The molecule has 1 aliphatic rings. The first-order chi connectivity index (χ1) is 19.4. The number of rotatable bonds is 9. The summed E-state index contributed by atoms with van der Waals surface area (Å²) in [5.41, 5.74) is 1.74. The molecule has 0 atom stereocenters. The van der Waals surface area contributed by atoms with E-state index in [1.165, 1.54) is 19.2 Å². The average molecular weight is 605 g/mol. The van der Waals surface area contributed by atoms with Crippen LogP contribution in [0.5, 0.6) is 11.5 Å². The fourth-order valence-electron chi connectivity index (χ4n) is 4.35. The number of urea groups is 1. The maximum absolute atomic E-state index is 13.0. The standard InChI is InChI=1S/C30H25BrN2O7/c1-3-38-26-15-18(13-23(31)27(26)39-17-20-9-6-8-19-7-4-5-10-22(19)20)14-24-28(34)33(30(36)32-24)16-21-11-12-25(40-21)29(35)37-2/h4-15H,3,16-17H2,1-2H3,(H,32,36)/b24-14-. The molecule has 3 amide bonds. The van der Waals surface area contributed by atoms with E-state index in [2.05, 4.69) is 44.2 Å². The summed E-state index contributed by atoms with van der Waals surface area (Å²) in [5.74, 6) is 0.0781. The summed E-state index contributed by atoms with van der Waals surface area (Å²) in [6, 6.07) is 20.0. The van der Waals surface area contributed by atoms with Crippen LogP contribution in [0.2, 0.25) is 0 Å². The van der Waals surface area contributed by atoms with Gasteiger partial charge in [-0.3, -0.25) is 9.69 Å². The first-order valence-electron chi connectivity index (χ1n) is 12.4. The second-order valence-corrected chi connectivity index (χ2v) is 9.68. The lowest BCUT2D eigenvalue weighted by atomic mass is 10.1. The van der Waals surface area contributed by atoms with E-state index in [-0.39, 0.29) is 23.8 Å². The highest BCUT2D eigenvalue weighted by molar-refractivity contribution is 9.10. The van der Waals surface area contributed by atoms with Gasteiger partial charge in [-0.1, -0.05) is 42.5 Å². The summed E-state index contributed by atoms with van der Waals surface area (Å²) in [6.07, 6.45) is 1.56. The lowest BCUT2D eigenvalue weighted by Gasteiger charge is -2.16. The van der Waals surface area contributed by atoms with Gasteiger partial charge < -0.3 is 23.9 Å². The molecular weight excluding hydrogens is 580 g/mol. The van der Waals surface area contributed by atoms with Crippen LogP contribution in [0.3, 0.4) is 0 Å². The summed E-state index contributed by atoms with van der Waals surface area (Å²) in [6.45, 7) is 2.45. The lowest BCUT2D eigenvalue weighted by molar-refractivity contribution is -0.123. The van der Waals surface area contributed by atoms with Crippen LogP contribution in [0.25, 0.3) is 16.8 Å². The largest absolute Gasteiger partial charge is 0.490 e. The minimum Gasteiger partial charge on any atom is -0.490 e. The highest BCUT2D eigenvalue weighted by Crippen LogP contribution is 2.38. The Morgan fingerprint density at radius 1 is 1.05 bits per heavy atom. The summed E-state index contributed by atoms with van der Waals surface area (Å²) in [7, 11) is 1.23. The van der Waals surface area contributed by atoms with Crippen LogP contribution in [0, 0.1) is 0 Å². The molecule has 0 radical (unpaired) electrons. The van der Waals surface area contributed by atoms with Gasteiger partial charge in [-0.25, -0.2) is 9.59 Å². The molecule has 1 fully saturated rings. The SMILES string of the molecule is CCOc1cc(/C=C2\NC(=O)N(Cc3ccc(C(=O)OC)o3)C2=O)cc(Br)c1OCc1cccc2ccccc12. The number of carbonyl (C=O) groups is 3. The Labute approximate surface area is 238 Å². The summed E-state index contributed by atoms with van der Waals surface area (Å²) in [5, 5.41) is 4.83. The number of halogens is 1. The van der Waals surface area contributed by atoms with Gasteiger partial charge in [0, 0.05) is 0 Å². The summed E-state index contributed by atoms with van der Waals surface area (Å²) >= 11 is 3.58. The van der Waals surface area contributed by atoms with Crippen molar-refractivity contribution in [2.45, 2.75) is 20.1 Å². The number of carbonyl (C=O) groups excluding carboxylic acids is 3. The Bertz CT molecular complexity index is 1640. The molecule has 0 unspecified atom stereocenters. The molecule has 4 aromatic rings. The lowest BCUT2D eigenvalue weighted by Crippen LogP contribution is -2.30. The number of furan rings is 1. The maximum Gasteiger partial charge on any atom is 0.373 e. The Morgan fingerprint density at radius 3 is 2.65 bits per heavy atom. The van der Waals surface area contributed by atoms with Crippen LogP contribution in [0.4, 0.5) is 4.79 Å². The maximum atomic E-state index is 13.0. The molecule has 10 heteroatoms. The van der Waals surface area contributed by atoms with Gasteiger partial charge in [-0.05, 0) is 75.1 Å². The van der Waals surface area contributed by atoms with Crippen molar-refractivity contribution < 1.29 is 33.0 Å². The van der Waals surface area contributed by atoms with Crippen LogP contribution in [0.15, 0.2) is 81.3 Å². The Morgan fingerprint density at radius 2 is 1.85 bits per heavy atom. The Hall–Kier alpha value is -4.57. The molecule has 0 spiro atoms. The quantitative estimate of drug-likeness (QED) is 0.141. The molecule has 3 aromatic carbocycles. The van der Waals surface area contributed by atoms with Crippen molar-refractivity contribution in [3.63, 3.8) is 0 Å². The van der Waals surface area contributed by atoms with Crippen LogP contribution in [0.1, 0.15) is 34.4 Å². The molecule has 9 nitrogen and oxygen atoms in total. The minimum atomic E-state index is -0.649. The normalized spacial score (nSPS) is 14.1. The second-order valence-electron chi connectivity index (χ2n) is 8.83. The molecular formula is C30H25BrN2O7. The van der Waals surface area contributed by atoms with E-state index in [1.54, 1.807) is 18.2 Å². The van der Waals surface area contributed by atoms with E-state index in [0.717, 1.165) is 21.2 Å². The topological polar surface area (TPSA) is 107 Å². The van der Waals surface area contributed by atoms with Crippen molar-refractivity contribution in [1.82, 2.24) is 10.2 Å². The van der Waals surface area contributed by atoms with E-state index in [9.17, 15) is 14.4 Å². The van der Waals surface area contributed by atoms with Crippen molar-refractivity contribution in [3.8, 4) is 11.5 Å². The number of amides is 3. The highest BCUT2D eigenvalue weighted by atomic mass is 79.9. The average Bonchev–Trinajstić information content (AvgIpc) is 3.52. The van der Waals surface area contributed by atoms with E-state index < -0.39 is 17.9 Å². The van der Waals surface area contributed by atoms with Crippen molar-refractivity contribution in [2.75, 3.05) is 13.7 Å². The van der Waals surface area contributed by atoms with Gasteiger partial charge >= 0.3 is 12.0 Å². The number of fused-ring (bicyclic) bond motifs is 1. The van der Waals surface area contributed by atoms with Gasteiger partial charge in [0.1, 0.15) is 18.1 Å².